The van der Waals surface area contributed by atoms with Crippen LogP contribution in [-0.2, 0) is 18.3 Å². The van der Waals surface area contributed by atoms with Crippen LogP contribution >= 0.6 is 0 Å². The molecule has 0 bridgehead atoms. The minimum absolute atomic E-state index is 0.172. The molecule has 0 radical (unpaired) electrons. The van der Waals surface area contributed by atoms with E-state index in [-0.39, 0.29) is 12.4 Å². The maximum Gasteiger partial charge on any atom is 0.376 e. The molecule has 1 heterocycles. The van der Waals surface area contributed by atoms with E-state index in [0.29, 0.717) is 5.82 Å². The van der Waals surface area contributed by atoms with E-state index in [4.69, 9.17) is 10.5 Å². The maximum absolute atomic E-state index is 11.6. The highest BCUT2D eigenvalue weighted by Crippen LogP contribution is 2.10. The molecule has 0 aliphatic heterocycles. The summed E-state index contributed by atoms with van der Waals surface area (Å²) in [6.07, 6.45) is 0. The van der Waals surface area contributed by atoms with Gasteiger partial charge in [0.25, 0.3) is 0 Å². The van der Waals surface area contributed by atoms with Crippen molar-refractivity contribution in [2.24, 2.45) is 12.8 Å². The molecule has 0 saturated carbocycles. The molecule has 0 saturated heterocycles. The number of carbonyl (C=O) groups excluding carboxylic acids is 1. The number of rotatable bonds is 2. The van der Waals surface area contributed by atoms with E-state index in [1.807, 2.05) is 0 Å². The van der Waals surface area contributed by atoms with Crippen molar-refractivity contribution < 1.29 is 9.53 Å². The summed E-state index contributed by atoms with van der Waals surface area (Å²) in [5.74, 6) is 0.112. The molecule has 1 rings (SSSR count). The molecular weight excluding hydrogens is 196 g/mol. The fourth-order valence-corrected chi connectivity index (χ4v) is 1.03. The van der Waals surface area contributed by atoms with Gasteiger partial charge in [-0.3, -0.25) is 0 Å². The molecule has 84 valence electrons. The van der Waals surface area contributed by atoms with E-state index in [1.54, 1.807) is 27.8 Å². The van der Waals surface area contributed by atoms with Crippen LogP contribution in [0.3, 0.4) is 0 Å². The number of aromatic nitrogens is 3. The van der Waals surface area contributed by atoms with E-state index in [1.165, 1.54) is 4.68 Å². The van der Waals surface area contributed by atoms with Gasteiger partial charge in [0.1, 0.15) is 5.60 Å². The monoisotopic (exact) mass is 212 g/mol. The van der Waals surface area contributed by atoms with Crippen molar-refractivity contribution in [1.29, 1.82) is 0 Å². The smallest absolute Gasteiger partial charge is 0.376 e. The van der Waals surface area contributed by atoms with Crippen molar-refractivity contribution >= 4 is 5.97 Å². The van der Waals surface area contributed by atoms with Crippen LogP contribution in [0.1, 0.15) is 37.2 Å². The lowest BCUT2D eigenvalue weighted by Gasteiger charge is -2.18. The lowest BCUT2D eigenvalue weighted by atomic mass is 10.2. The molecule has 0 amide bonds. The molecule has 6 heteroatoms. The maximum atomic E-state index is 11.6. The summed E-state index contributed by atoms with van der Waals surface area (Å²) in [7, 11) is 1.63. The van der Waals surface area contributed by atoms with Gasteiger partial charge in [0.15, 0.2) is 5.82 Å². The van der Waals surface area contributed by atoms with Crippen LogP contribution in [-0.4, -0.2) is 26.3 Å². The Morgan fingerprint density at radius 2 is 2.13 bits per heavy atom. The number of aryl methyl sites for hydroxylation is 1. The Morgan fingerprint density at radius 1 is 1.53 bits per heavy atom. The fraction of sp³-hybridized carbons (Fsp3) is 0.667. The first kappa shape index (κ1) is 11.6. The summed E-state index contributed by atoms with van der Waals surface area (Å²) in [6, 6.07) is 0. The van der Waals surface area contributed by atoms with Gasteiger partial charge in [0.2, 0.25) is 5.82 Å². The van der Waals surface area contributed by atoms with Crippen molar-refractivity contribution in [2.45, 2.75) is 32.9 Å². The summed E-state index contributed by atoms with van der Waals surface area (Å²) in [5.41, 5.74) is 4.83. The number of ether oxygens (including phenoxy) is 1. The lowest BCUT2D eigenvalue weighted by molar-refractivity contribution is 0.00505. The second-order valence-corrected chi connectivity index (χ2v) is 4.18. The van der Waals surface area contributed by atoms with E-state index in [0.717, 1.165) is 0 Å². The van der Waals surface area contributed by atoms with E-state index >= 15 is 0 Å². The number of nitrogens with two attached hydrogens (primary N) is 1. The Bertz CT molecular complexity index is 365. The number of esters is 1. The van der Waals surface area contributed by atoms with Crippen molar-refractivity contribution in [1.82, 2.24) is 14.8 Å². The third-order valence-electron chi connectivity index (χ3n) is 1.57. The summed E-state index contributed by atoms with van der Waals surface area (Å²) in [5, 5.41) is 3.96. The highest BCUT2D eigenvalue weighted by molar-refractivity contribution is 5.85. The van der Waals surface area contributed by atoms with Crippen LogP contribution in [0.15, 0.2) is 0 Å². The fourth-order valence-electron chi connectivity index (χ4n) is 1.03. The summed E-state index contributed by atoms with van der Waals surface area (Å²) in [4.78, 5) is 15.6. The quantitative estimate of drug-likeness (QED) is 0.709. The Hall–Kier alpha value is -1.43. The molecule has 0 fully saturated rings. The molecule has 6 nitrogen and oxygen atoms in total. The predicted molar refractivity (Wildman–Crippen MR) is 54.1 cm³/mol. The first-order valence-electron chi connectivity index (χ1n) is 4.67. The Kier molecular flexibility index (Phi) is 3.09. The zero-order valence-corrected chi connectivity index (χ0v) is 9.44. The standard InChI is InChI=1S/C9H16N4O2/c1-9(2,3)15-8(14)7-11-6(5-10)12-13(7)4/h5,10H2,1-4H3. The minimum Gasteiger partial charge on any atom is -0.454 e. The van der Waals surface area contributed by atoms with Crippen LogP contribution in [0.4, 0.5) is 0 Å². The van der Waals surface area contributed by atoms with Crippen molar-refractivity contribution in [3.05, 3.63) is 11.6 Å². The van der Waals surface area contributed by atoms with Gasteiger partial charge in [-0.1, -0.05) is 0 Å². The van der Waals surface area contributed by atoms with Gasteiger partial charge in [-0.25, -0.2) is 14.5 Å². The molecule has 0 unspecified atom stereocenters. The first-order chi connectivity index (χ1) is 6.83. The molecule has 15 heavy (non-hydrogen) atoms. The molecule has 1 aromatic heterocycles. The molecule has 1 aromatic rings. The van der Waals surface area contributed by atoms with E-state index in [9.17, 15) is 4.79 Å². The second-order valence-electron chi connectivity index (χ2n) is 4.18. The van der Waals surface area contributed by atoms with Gasteiger partial charge in [0, 0.05) is 7.05 Å². The molecule has 0 spiro atoms. The zero-order chi connectivity index (χ0) is 11.6. The third kappa shape index (κ3) is 3.02. The number of carbonyl (C=O) groups is 1. The Balaban J connectivity index is 2.87. The van der Waals surface area contributed by atoms with Gasteiger partial charge < -0.3 is 10.5 Å². The average molecular weight is 212 g/mol. The molecule has 0 aliphatic carbocycles. The number of hydrogen-bond acceptors (Lipinski definition) is 5. The van der Waals surface area contributed by atoms with Gasteiger partial charge in [-0.15, -0.1) is 0 Å². The van der Waals surface area contributed by atoms with Gasteiger partial charge >= 0.3 is 5.97 Å². The average Bonchev–Trinajstić information content (AvgIpc) is 2.43. The molecular formula is C9H16N4O2. The number of nitrogens with zero attached hydrogens (tertiary/aromatic N) is 3. The largest absolute Gasteiger partial charge is 0.454 e. The first-order valence-corrected chi connectivity index (χ1v) is 4.67. The molecule has 0 aliphatic rings. The SMILES string of the molecule is Cn1nc(CN)nc1C(=O)OC(C)(C)C. The van der Waals surface area contributed by atoms with Gasteiger partial charge in [0.05, 0.1) is 6.54 Å². The summed E-state index contributed by atoms with van der Waals surface area (Å²) < 4.78 is 6.53. The summed E-state index contributed by atoms with van der Waals surface area (Å²) in [6.45, 7) is 5.60. The van der Waals surface area contributed by atoms with Gasteiger partial charge in [-0.2, -0.15) is 5.10 Å². The van der Waals surface area contributed by atoms with Crippen LogP contribution in [0.5, 0.6) is 0 Å². The summed E-state index contributed by atoms with van der Waals surface area (Å²) >= 11 is 0. The van der Waals surface area contributed by atoms with Crippen LogP contribution in [0, 0.1) is 0 Å². The Morgan fingerprint density at radius 3 is 2.53 bits per heavy atom. The highest BCUT2D eigenvalue weighted by atomic mass is 16.6. The highest BCUT2D eigenvalue weighted by Gasteiger charge is 2.22. The number of hydrogen-bond donors (Lipinski definition) is 1. The third-order valence-corrected chi connectivity index (χ3v) is 1.57. The minimum atomic E-state index is -0.536. The van der Waals surface area contributed by atoms with Crippen LogP contribution < -0.4 is 5.73 Å². The topological polar surface area (TPSA) is 83.0 Å². The van der Waals surface area contributed by atoms with Gasteiger partial charge in [-0.05, 0) is 20.8 Å². The molecule has 0 atom stereocenters. The van der Waals surface area contributed by atoms with E-state index in [2.05, 4.69) is 10.1 Å². The van der Waals surface area contributed by atoms with Crippen LogP contribution in [0.2, 0.25) is 0 Å². The van der Waals surface area contributed by atoms with E-state index < -0.39 is 11.6 Å². The van der Waals surface area contributed by atoms with Crippen LogP contribution in [0.25, 0.3) is 0 Å². The van der Waals surface area contributed by atoms with Crippen molar-refractivity contribution in [3.8, 4) is 0 Å². The zero-order valence-electron chi connectivity index (χ0n) is 9.44. The lowest BCUT2D eigenvalue weighted by Crippen LogP contribution is -2.25. The molecule has 2 N–H and O–H groups in total. The predicted octanol–water partition coefficient (Wildman–Crippen LogP) is 0.229. The normalized spacial score (nSPS) is 11.5. The molecule has 0 aromatic carbocycles. The second kappa shape index (κ2) is 3.98. The van der Waals surface area contributed by atoms with Crippen molar-refractivity contribution in [3.63, 3.8) is 0 Å². The Labute approximate surface area is 88.4 Å². The van der Waals surface area contributed by atoms with Crippen molar-refractivity contribution in [2.75, 3.05) is 0 Å².